The van der Waals surface area contributed by atoms with Gasteiger partial charge in [-0.2, -0.15) is 26.3 Å². The van der Waals surface area contributed by atoms with Gasteiger partial charge in [-0.25, -0.2) is 0 Å². The summed E-state index contributed by atoms with van der Waals surface area (Å²) in [5, 5.41) is 0. The molecule has 0 aliphatic carbocycles. The molecule has 20 heavy (non-hydrogen) atoms. The van der Waals surface area contributed by atoms with E-state index < -0.39 is 40.5 Å². The average molecular weight is 299 g/mol. The van der Waals surface area contributed by atoms with Gasteiger partial charge < -0.3 is 5.73 Å². The zero-order chi connectivity index (χ0) is 15.9. The Balaban J connectivity index is 3.63. The van der Waals surface area contributed by atoms with E-state index in [9.17, 15) is 26.3 Å². The summed E-state index contributed by atoms with van der Waals surface area (Å²) in [4.78, 5) is 0. The molecule has 1 rings (SSSR count). The number of hydrogen-bond acceptors (Lipinski definition) is 1. The first-order valence-corrected chi connectivity index (χ1v) is 5.79. The lowest BCUT2D eigenvalue weighted by Crippen LogP contribution is -2.30. The Kier molecular flexibility index (Phi) is 4.16. The van der Waals surface area contributed by atoms with Crippen LogP contribution >= 0.6 is 0 Å². The largest absolute Gasteiger partial charge is 0.417 e. The minimum atomic E-state index is -5.12. The summed E-state index contributed by atoms with van der Waals surface area (Å²) in [5.74, 6) is 0. The number of alkyl halides is 6. The summed E-state index contributed by atoms with van der Waals surface area (Å²) in [5.41, 5.74) is 0.966. The van der Waals surface area contributed by atoms with Crippen molar-refractivity contribution in [2.45, 2.75) is 39.2 Å². The van der Waals surface area contributed by atoms with Gasteiger partial charge in [-0.15, -0.1) is 0 Å². The van der Waals surface area contributed by atoms with E-state index in [0.717, 1.165) is 12.1 Å². The van der Waals surface area contributed by atoms with Crippen molar-refractivity contribution >= 4 is 0 Å². The van der Waals surface area contributed by atoms with E-state index in [4.69, 9.17) is 5.73 Å². The molecule has 0 aliphatic rings. The van der Waals surface area contributed by atoms with Crippen LogP contribution in [0.3, 0.4) is 0 Å². The van der Waals surface area contributed by atoms with E-state index in [1.807, 2.05) is 0 Å². The van der Waals surface area contributed by atoms with Gasteiger partial charge in [0.05, 0.1) is 11.1 Å². The molecule has 7 heteroatoms. The molecule has 114 valence electrons. The number of halogens is 6. The van der Waals surface area contributed by atoms with Crippen molar-refractivity contribution in [2.24, 2.45) is 11.1 Å². The van der Waals surface area contributed by atoms with E-state index in [1.165, 1.54) is 0 Å². The maximum atomic E-state index is 13.0. The van der Waals surface area contributed by atoms with Crippen molar-refractivity contribution in [1.29, 1.82) is 0 Å². The van der Waals surface area contributed by atoms with Crippen LogP contribution in [-0.2, 0) is 12.4 Å². The lowest BCUT2D eigenvalue weighted by Gasteiger charge is -2.30. The molecule has 1 aromatic rings. The number of nitrogens with two attached hydrogens (primary N) is 1. The van der Waals surface area contributed by atoms with Gasteiger partial charge in [0.1, 0.15) is 0 Å². The van der Waals surface area contributed by atoms with Gasteiger partial charge >= 0.3 is 12.4 Å². The molecular weight excluding hydrogens is 284 g/mol. The minimum absolute atomic E-state index is 0.418. The van der Waals surface area contributed by atoms with E-state index in [2.05, 4.69) is 0 Å². The van der Waals surface area contributed by atoms with E-state index in [-0.39, 0.29) is 0 Å². The summed E-state index contributed by atoms with van der Waals surface area (Å²) >= 11 is 0. The molecule has 0 aromatic heterocycles. The third-order valence-corrected chi connectivity index (χ3v) is 2.95. The van der Waals surface area contributed by atoms with Gasteiger partial charge in [-0.1, -0.05) is 32.9 Å². The predicted octanol–water partition coefficient (Wildman–Crippen LogP) is 4.77. The Morgan fingerprint density at radius 2 is 1.40 bits per heavy atom. The summed E-state index contributed by atoms with van der Waals surface area (Å²) < 4.78 is 77.4. The fraction of sp³-hybridized carbons (Fsp3) is 0.538. The molecule has 0 fully saturated rings. The van der Waals surface area contributed by atoms with E-state index in [0.29, 0.717) is 6.07 Å². The first-order chi connectivity index (χ1) is 8.76. The van der Waals surface area contributed by atoms with Crippen molar-refractivity contribution in [3.63, 3.8) is 0 Å². The highest BCUT2D eigenvalue weighted by molar-refractivity contribution is 5.41. The Bertz CT molecular complexity index is 481. The third-order valence-electron chi connectivity index (χ3n) is 2.95. The molecule has 1 unspecified atom stereocenters. The molecule has 0 heterocycles. The van der Waals surface area contributed by atoms with Crippen molar-refractivity contribution in [3.8, 4) is 0 Å². The average Bonchev–Trinajstić information content (AvgIpc) is 2.23. The van der Waals surface area contributed by atoms with Crippen LogP contribution in [-0.4, -0.2) is 0 Å². The van der Waals surface area contributed by atoms with Crippen LogP contribution in [0.1, 0.15) is 43.5 Å². The number of benzene rings is 1. The van der Waals surface area contributed by atoms with Crippen molar-refractivity contribution < 1.29 is 26.3 Å². The molecule has 2 N–H and O–H groups in total. The highest BCUT2D eigenvalue weighted by Crippen LogP contribution is 2.45. The molecule has 1 aromatic carbocycles. The molecular formula is C13H15F6N. The molecule has 1 nitrogen and oxygen atoms in total. The van der Waals surface area contributed by atoms with Crippen molar-refractivity contribution in [1.82, 2.24) is 0 Å². The van der Waals surface area contributed by atoms with Crippen LogP contribution in [0.4, 0.5) is 26.3 Å². The highest BCUT2D eigenvalue weighted by atomic mass is 19.4. The van der Waals surface area contributed by atoms with Gasteiger partial charge in [0.25, 0.3) is 0 Å². The summed E-state index contributed by atoms with van der Waals surface area (Å²) in [7, 11) is 0. The SMILES string of the molecule is CC(C)(C)C(N)c1cccc(C(F)(F)F)c1C(F)(F)F. The van der Waals surface area contributed by atoms with Gasteiger partial charge in [0.15, 0.2) is 0 Å². The number of hydrogen-bond donors (Lipinski definition) is 1. The van der Waals surface area contributed by atoms with Crippen LogP contribution < -0.4 is 5.73 Å². The monoisotopic (exact) mass is 299 g/mol. The zero-order valence-electron chi connectivity index (χ0n) is 11.2. The molecule has 0 radical (unpaired) electrons. The maximum Gasteiger partial charge on any atom is 0.417 e. The molecule has 0 spiro atoms. The van der Waals surface area contributed by atoms with Crippen LogP contribution in [0.2, 0.25) is 0 Å². The topological polar surface area (TPSA) is 26.0 Å². The van der Waals surface area contributed by atoms with E-state index in [1.54, 1.807) is 20.8 Å². The Labute approximate surface area is 112 Å². The van der Waals surface area contributed by atoms with E-state index >= 15 is 0 Å². The second kappa shape index (κ2) is 4.95. The fourth-order valence-electron chi connectivity index (χ4n) is 1.85. The van der Waals surface area contributed by atoms with Crippen LogP contribution in [0.25, 0.3) is 0 Å². The Morgan fingerprint density at radius 1 is 0.900 bits per heavy atom. The van der Waals surface area contributed by atoms with Crippen molar-refractivity contribution in [3.05, 3.63) is 34.9 Å². The van der Waals surface area contributed by atoms with Gasteiger partial charge in [0.2, 0.25) is 0 Å². The smallest absolute Gasteiger partial charge is 0.323 e. The fourth-order valence-corrected chi connectivity index (χ4v) is 1.85. The van der Waals surface area contributed by atoms with Crippen LogP contribution in [0.15, 0.2) is 18.2 Å². The second-order valence-corrected chi connectivity index (χ2v) is 5.61. The van der Waals surface area contributed by atoms with Crippen LogP contribution in [0, 0.1) is 5.41 Å². The minimum Gasteiger partial charge on any atom is -0.323 e. The molecule has 0 saturated carbocycles. The van der Waals surface area contributed by atoms with Gasteiger partial charge in [0, 0.05) is 6.04 Å². The molecule has 1 atom stereocenters. The molecule has 0 bridgehead atoms. The zero-order valence-corrected chi connectivity index (χ0v) is 11.2. The first-order valence-electron chi connectivity index (χ1n) is 5.79. The van der Waals surface area contributed by atoms with Crippen LogP contribution in [0.5, 0.6) is 0 Å². The highest BCUT2D eigenvalue weighted by Gasteiger charge is 2.46. The summed E-state index contributed by atoms with van der Waals surface area (Å²) in [6, 6.07) is 1.19. The van der Waals surface area contributed by atoms with Gasteiger partial charge in [-0.05, 0) is 17.0 Å². The first kappa shape index (κ1) is 16.8. The van der Waals surface area contributed by atoms with Crippen molar-refractivity contribution in [2.75, 3.05) is 0 Å². The predicted molar refractivity (Wildman–Crippen MR) is 62.8 cm³/mol. The third kappa shape index (κ3) is 3.45. The Hall–Kier alpha value is -1.24. The molecule has 0 amide bonds. The quantitative estimate of drug-likeness (QED) is 0.743. The lowest BCUT2D eigenvalue weighted by molar-refractivity contribution is -0.162. The Morgan fingerprint density at radius 3 is 1.75 bits per heavy atom. The standard InChI is InChI=1S/C13H15F6N/c1-11(2,3)10(20)7-5-4-6-8(12(14,15)16)9(7)13(17,18)19/h4-6,10H,20H2,1-3H3. The number of rotatable bonds is 1. The normalized spacial score (nSPS) is 15.3. The summed E-state index contributed by atoms with van der Waals surface area (Å²) in [6.07, 6.45) is -10.2. The lowest BCUT2D eigenvalue weighted by atomic mass is 9.80. The molecule has 0 saturated heterocycles. The maximum absolute atomic E-state index is 13.0. The second-order valence-electron chi connectivity index (χ2n) is 5.61. The molecule has 0 aliphatic heterocycles. The summed E-state index contributed by atoms with van der Waals surface area (Å²) in [6.45, 7) is 4.70. The van der Waals surface area contributed by atoms with Gasteiger partial charge in [-0.3, -0.25) is 0 Å².